The first kappa shape index (κ1) is 12.8. The van der Waals surface area contributed by atoms with E-state index in [-0.39, 0.29) is 6.04 Å². The van der Waals surface area contributed by atoms with Crippen molar-refractivity contribution in [3.8, 4) is 0 Å². The number of aromatic nitrogens is 1. The van der Waals surface area contributed by atoms with Gasteiger partial charge >= 0.3 is 0 Å². The van der Waals surface area contributed by atoms with Crippen LogP contribution in [0.25, 0.3) is 0 Å². The number of hydrogen-bond donors (Lipinski definition) is 1. The molecule has 0 saturated heterocycles. The number of aryl methyl sites for hydroxylation is 2. The number of nitrogens with zero attached hydrogens (tertiary/aromatic N) is 1. The third kappa shape index (κ3) is 2.96. The van der Waals surface area contributed by atoms with Crippen LogP contribution >= 0.6 is 0 Å². The highest BCUT2D eigenvalue weighted by molar-refractivity contribution is 5.33. The molecular weight excluding hydrogens is 220 g/mol. The molecule has 94 valence electrons. The van der Waals surface area contributed by atoms with Gasteiger partial charge in [-0.25, -0.2) is 0 Å². The van der Waals surface area contributed by atoms with Crippen molar-refractivity contribution in [2.45, 2.75) is 26.8 Å². The quantitative estimate of drug-likeness (QED) is 0.886. The zero-order valence-electron chi connectivity index (χ0n) is 11.3. The third-order valence-electron chi connectivity index (χ3n) is 3.07. The van der Waals surface area contributed by atoms with Gasteiger partial charge in [0.1, 0.15) is 0 Å². The zero-order chi connectivity index (χ0) is 13.0. The third-order valence-corrected chi connectivity index (χ3v) is 3.07. The molecule has 2 rings (SSSR count). The molecule has 0 aliphatic carbocycles. The Hall–Kier alpha value is -1.67. The van der Waals surface area contributed by atoms with Crippen LogP contribution in [0.15, 0.2) is 42.6 Å². The summed E-state index contributed by atoms with van der Waals surface area (Å²) < 4.78 is 0. The summed E-state index contributed by atoms with van der Waals surface area (Å²) in [6, 6.07) is 13.2. The second-order valence-electron chi connectivity index (χ2n) is 4.63. The molecule has 2 heteroatoms. The Kier molecular flexibility index (Phi) is 4.11. The number of pyridine rings is 1. The smallest absolute Gasteiger partial charge is 0.0577 e. The van der Waals surface area contributed by atoms with E-state index in [0.717, 1.165) is 12.2 Å². The molecule has 1 unspecified atom stereocenters. The minimum atomic E-state index is 0.247. The molecule has 1 aromatic heterocycles. The van der Waals surface area contributed by atoms with E-state index < -0.39 is 0 Å². The minimum absolute atomic E-state index is 0.247. The molecule has 0 fully saturated rings. The maximum Gasteiger partial charge on any atom is 0.0577 e. The molecule has 1 N–H and O–H groups in total. The van der Waals surface area contributed by atoms with Gasteiger partial charge in [0.25, 0.3) is 0 Å². The minimum Gasteiger partial charge on any atom is -0.307 e. The average Bonchev–Trinajstić information content (AvgIpc) is 2.37. The lowest BCUT2D eigenvalue weighted by atomic mass is 9.98. The van der Waals surface area contributed by atoms with E-state index in [1.165, 1.54) is 16.7 Å². The lowest BCUT2D eigenvalue weighted by Gasteiger charge is -2.19. The van der Waals surface area contributed by atoms with Gasteiger partial charge in [-0.3, -0.25) is 4.98 Å². The van der Waals surface area contributed by atoms with Crippen molar-refractivity contribution in [2.75, 3.05) is 6.54 Å². The second kappa shape index (κ2) is 5.78. The summed E-state index contributed by atoms with van der Waals surface area (Å²) in [5, 5.41) is 3.53. The maximum atomic E-state index is 4.26. The summed E-state index contributed by atoms with van der Waals surface area (Å²) in [5.74, 6) is 0. The van der Waals surface area contributed by atoms with Crippen LogP contribution in [0, 0.1) is 13.8 Å². The van der Waals surface area contributed by atoms with E-state index in [9.17, 15) is 0 Å². The van der Waals surface area contributed by atoms with Crippen LogP contribution < -0.4 is 5.32 Å². The SMILES string of the molecule is CCNC(c1ccc(C)cc1)c1ccnc(C)c1. The number of nitrogens with one attached hydrogen (secondary N) is 1. The van der Waals surface area contributed by atoms with Crippen LogP contribution in [0.1, 0.15) is 35.3 Å². The molecule has 2 nitrogen and oxygen atoms in total. The summed E-state index contributed by atoms with van der Waals surface area (Å²) in [6.07, 6.45) is 1.88. The molecule has 0 radical (unpaired) electrons. The zero-order valence-corrected chi connectivity index (χ0v) is 11.3. The standard InChI is InChI=1S/C16H20N2/c1-4-17-16(14-7-5-12(2)6-8-14)15-9-10-18-13(3)11-15/h5-11,16-17H,4H2,1-3H3. The van der Waals surface area contributed by atoms with Crippen LogP contribution in [0.4, 0.5) is 0 Å². The lowest BCUT2D eigenvalue weighted by molar-refractivity contribution is 0.629. The van der Waals surface area contributed by atoms with Crippen LogP contribution in [0.5, 0.6) is 0 Å². The van der Waals surface area contributed by atoms with Crippen molar-refractivity contribution >= 4 is 0 Å². The highest BCUT2D eigenvalue weighted by atomic mass is 14.9. The van der Waals surface area contributed by atoms with Gasteiger partial charge in [0.15, 0.2) is 0 Å². The van der Waals surface area contributed by atoms with Crippen molar-refractivity contribution in [1.29, 1.82) is 0 Å². The molecule has 1 atom stereocenters. The fourth-order valence-corrected chi connectivity index (χ4v) is 2.14. The lowest BCUT2D eigenvalue weighted by Crippen LogP contribution is -2.22. The van der Waals surface area contributed by atoms with E-state index in [2.05, 4.69) is 60.5 Å². The van der Waals surface area contributed by atoms with Gasteiger partial charge in [-0.2, -0.15) is 0 Å². The molecule has 1 heterocycles. The molecule has 0 aliphatic rings. The molecule has 0 aliphatic heterocycles. The molecule has 0 saturated carbocycles. The topological polar surface area (TPSA) is 24.9 Å². The first-order valence-corrected chi connectivity index (χ1v) is 6.43. The van der Waals surface area contributed by atoms with Crippen molar-refractivity contribution in [2.24, 2.45) is 0 Å². The van der Waals surface area contributed by atoms with Crippen molar-refractivity contribution in [3.63, 3.8) is 0 Å². The van der Waals surface area contributed by atoms with Crippen LogP contribution in [-0.4, -0.2) is 11.5 Å². The first-order valence-electron chi connectivity index (χ1n) is 6.43. The Bertz CT molecular complexity index is 503. The fourth-order valence-electron chi connectivity index (χ4n) is 2.14. The van der Waals surface area contributed by atoms with Gasteiger partial charge in [-0.1, -0.05) is 36.8 Å². The van der Waals surface area contributed by atoms with E-state index in [1.54, 1.807) is 0 Å². The monoisotopic (exact) mass is 240 g/mol. The average molecular weight is 240 g/mol. The highest BCUT2D eigenvalue weighted by Gasteiger charge is 2.12. The van der Waals surface area contributed by atoms with E-state index in [1.807, 2.05) is 13.1 Å². The Morgan fingerprint density at radius 2 is 1.78 bits per heavy atom. The highest BCUT2D eigenvalue weighted by Crippen LogP contribution is 2.22. The molecule has 0 amide bonds. The summed E-state index contributed by atoms with van der Waals surface area (Å²) in [6.45, 7) is 7.22. The Morgan fingerprint density at radius 1 is 1.06 bits per heavy atom. The predicted octanol–water partition coefficient (Wildman–Crippen LogP) is 3.40. The number of rotatable bonds is 4. The largest absolute Gasteiger partial charge is 0.307 e. The predicted molar refractivity (Wildman–Crippen MR) is 75.7 cm³/mol. The Morgan fingerprint density at radius 3 is 2.39 bits per heavy atom. The van der Waals surface area contributed by atoms with Gasteiger partial charge in [-0.05, 0) is 43.7 Å². The summed E-state index contributed by atoms with van der Waals surface area (Å²) in [5.41, 5.74) is 4.92. The van der Waals surface area contributed by atoms with E-state index in [0.29, 0.717) is 0 Å². The number of benzene rings is 1. The van der Waals surface area contributed by atoms with Crippen molar-refractivity contribution in [3.05, 3.63) is 65.0 Å². The summed E-state index contributed by atoms with van der Waals surface area (Å²) >= 11 is 0. The van der Waals surface area contributed by atoms with Crippen molar-refractivity contribution < 1.29 is 0 Å². The molecule has 18 heavy (non-hydrogen) atoms. The number of hydrogen-bond acceptors (Lipinski definition) is 2. The molecule has 0 spiro atoms. The van der Waals surface area contributed by atoms with E-state index in [4.69, 9.17) is 0 Å². The Balaban J connectivity index is 2.36. The fraction of sp³-hybridized carbons (Fsp3) is 0.312. The van der Waals surface area contributed by atoms with Gasteiger partial charge in [0.05, 0.1) is 6.04 Å². The summed E-state index contributed by atoms with van der Waals surface area (Å²) in [4.78, 5) is 4.26. The van der Waals surface area contributed by atoms with Gasteiger partial charge in [-0.15, -0.1) is 0 Å². The molecule has 1 aromatic carbocycles. The van der Waals surface area contributed by atoms with Gasteiger partial charge in [0.2, 0.25) is 0 Å². The maximum absolute atomic E-state index is 4.26. The van der Waals surface area contributed by atoms with Gasteiger partial charge < -0.3 is 5.32 Å². The normalized spacial score (nSPS) is 12.4. The first-order chi connectivity index (χ1) is 8.70. The Labute approximate surface area is 109 Å². The molecule has 2 aromatic rings. The van der Waals surface area contributed by atoms with E-state index >= 15 is 0 Å². The summed E-state index contributed by atoms with van der Waals surface area (Å²) in [7, 11) is 0. The van der Waals surface area contributed by atoms with Gasteiger partial charge in [0, 0.05) is 11.9 Å². The van der Waals surface area contributed by atoms with Crippen LogP contribution in [0.3, 0.4) is 0 Å². The molecule has 0 bridgehead atoms. The second-order valence-corrected chi connectivity index (χ2v) is 4.63. The van der Waals surface area contributed by atoms with Crippen LogP contribution in [-0.2, 0) is 0 Å². The van der Waals surface area contributed by atoms with Crippen LogP contribution in [0.2, 0.25) is 0 Å². The molecular formula is C16H20N2. The van der Waals surface area contributed by atoms with Crippen molar-refractivity contribution in [1.82, 2.24) is 10.3 Å².